The standard InChI is InChI=1S/C4H7S2/c1-2-6-4-3-5-1/h1H,2-4H2/q+1. The molecular formula is C4H7S2+. The Bertz CT molecular complexity index is 21.0. The highest BCUT2D eigenvalue weighted by molar-refractivity contribution is 8.07. The summed E-state index contributed by atoms with van der Waals surface area (Å²) in [7, 11) is 0. The monoisotopic (exact) mass is 119 g/mol. The molecule has 1 fully saturated rings. The predicted molar refractivity (Wildman–Crippen MR) is 34.1 cm³/mol. The summed E-state index contributed by atoms with van der Waals surface area (Å²) < 4.78 is 0. The summed E-state index contributed by atoms with van der Waals surface area (Å²) in [5.41, 5.74) is 0. The number of hydrogen-bond acceptors (Lipinski definition) is 2. The molecule has 6 heavy (non-hydrogen) atoms. The zero-order valence-electron chi connectivity index (χ0n) is 3.52. The fraction of sp³-hybridized carbons (Fsp3) is 0.750. The minimum absolute atomic E-state index is 1.25. The van der Waals surface area contributed by atoms with Gasteiger partial charge in [0, 0.05) is 11.5 Å². The molecule has 0 saturated carbocycles. The molecule has 1 heterocycles. The van der Waals surface area contributed by atoms with Gasteiger partial charge in [0.05, 0.1) is 11.8 Å². The molecule has 0 unspecified atom stereocenters. The summed E-state index contributed by atoms with van der Waals surface area (Å²) in [6.07, 6.45) is 0. The minimum Gasteiger partial charge on any atom is -0.112 e. The van der Waals surface area contributed by atoms with Gasteiger partial charge in [0.2, 0.25) is 0 Å². The van der Waals surface area contributed by atoms with Crippen LogP contribution in [-0.2, 0) is 0 Å². The van der Waals surface area contributed by atoms with Gasteiger partial charge in [-0.05, 0) is 0 Å². The van der Waals surface area contributed by atoms with E-state index in [0.717, 1.165) is 0 Å². The molecule has 1 aliphatic rings. The van der Waals surface area contributed by atoms with Gasteiger partial charge < -0.3 is 0 Å². The van der Waals surface area contributed by atoms with E-state index in [9.17, 15) is 0 Å². The number of rotatable bonds is 0. The molecule has 0 atom stereocenters. The van der Waals surface area contributed by atoms with Gasteiger partial charge in [0.1, 0.15) is 5.75 Å². The topological polar surface area (TPSA) is 0 Å². The van der Waals surface area contributed by atoms with Crippen LogP contribution in [0.25, 0.3) is 0 Å². The third kappa shape index (κ3) is 1.35. The van der Waals surface area contributed by atoms with Gasteiger partial charge in [-0.1, -0.05) is 0 Å². The van der Waals surface area contributed by atoms with Crippen molar-refractivity contribution in [3.8, 4) is 0 Å². The maximum absolute atomic E-state index is 2.27. The lowest BCUT2D eigenvalue weighted by atomic mass is 10.9. The molecule has 0 aromatic heterocycles. The molecule has 0 spiro atoms. The van der Waals surface area contributed by atoms with E-state index in [1.54, 1.807) is 0 Å². The normalized spacial score (nSPS) is 22.7. The zero-order valence-corrected chi connectivity index (χ0v) is 5.15. The Morgan fingerprint density at radius 1 is 1.33 bits per heavy atom. The van der Waals surface area contributed by atoms with Gasteiger partial charge in [0.15, 0.2) is 5.75 Å². The van der Waals surface area contributed by atoms with E-state index in [1.807, 2.05) is 23.5 Å². The number of thioether (sulfide) groups is 2. The van der Waals surface area contributed by atoms with Crippen LogP contribution >= 0.6 is 23.5 Å². The van der Waals surface area contributed by atoms with E-state index in [4.69, 9.17) is 0 Å². The summed E-state index contributed by atoms with van der Waals surface area (Å²) >= 11 is 3.97. The van der Waals surface area contributed by atoms with Gasteiger partial charge in [-0.2, -0.15) is 0 Å². The van der Waals surface area contributed by atoms with Gasteiger partial charge in [-0.15, -0.1) is 11.8 Å². The van der Waals surface area contributed by atoms with E-state index in [-0.39, 0.29) is 0 Å². The second-order valence-electron chi connectivity index (χ2n) is 1.11. The van der Waals surface area contributed by atoms with Gasteiger partial charge in [-0.25, -0.2) is 0 Å². The smallest absolute Gasteiger partial charge is 0.112 e. The molecule has 0 aliphatic carbocycles. The first-order valence-corrected chi connectivity index (χ1v) is 4.21. The average molecular weight is 119 g/mol. The van der Waals surface area contributed by atoms with E-state index < -0.39 is 0 Å². The molecule has 0 aromatic carbocycles. The lowest BCUT2D eigenvalue weighted by Crippen LogP contribution is -1.92. The molecule has 0 nitrogen and oxygen atoms in total. The van der Waals surface area contributed by atoms with Crippen LogP contribution in [-0.4, -0.2) is 17.3 Å². The Morgan fingerprint density at radius 3 is 2.50 bits per heavy atom. The van der Waals surface area contributed by atoms with Crippen LogP contribution in [0.15, 0.2) is 0 Å². The molecule has 0 N–H and O–H groups in total. The van der Waals surface area contributed by atoms with Crippen molar-refractivity contribution in [3.05, 3.63) is 5.75 Å². The number of hydrogen-bond donors (Lipinski definition) is 0. The van der Waals surface area contributed by atoms with Crippen molar-refractivity contribution >= 4 is 23.5 Å². The molecule has 1 rings (SSSR count). The van der Waals surface area contributed by atoms with Crippen LogP contribution in [0.4, 0.5) is 0 Å². The Hall–Kier alpha value is 0.570. The first-order chi connectivity index (χ1) is 3.00. The highest BCUT2D eigenvalue weighted by Gasteiger charge is 2.06. The minimum atomic E-state index is 1.25. The summed E-state index contributed by atoms with van der Waals surface area (Å²) in [6.45, 7) is 0. The van der Waals surface area contributed by atoms with E-state index in [2.05, 4.69) is 5.75 Å². The molecular weight excluding hydrogens is 112 g/mol. The molecule has 0 radical (unpaired) electrons. The summed E-state index contributed by atoms with van der Waals surface area (Å²) in [5, 5.41) is 0. The molecule has 0 amide bonds. The average Bonchev–Trinajstić information content (AvgIpc) is 1.72. The SMILES string of the molecule is [CH+]1CSCCS1. The van der Waals surface area contributed by atoms with Crippen LogP contribution in [0.1, 0.15) is 0 Å². The van der Waals surface area contributed by atoms with Crippen molar-refractivity contribution in [1.82, 2.24) is 0 Å². The maximum Gasteiger partial charge on any atom is 0.153 e. The van der Waals surface area contributed by atoms with Gasteiger partial charge >= 0.3 is 0 Å². The van der Waals surface area contributed by atoms with Gasteiger partial charge in [0.25, 0.3) is 0 Å². The molecule has 2 heteroatoms. The van der Waals surface area contributed by atoms with Crippen molar-refractivity contribution in [2.45, 2.75) is 0 Å². The van der Waals surface area contributed by atoms with E-state index >= 15 is 0 Å². The highest BCUT2D eigenvalue weighted by Crippen LogP contribution is 2.18. The zero-order chi connectivity index (χ0) is 4.24. The second kappa shape index (κ2) is 2.69. The highest BCUT2D eigenvalue weighted by atomic mass is 32.2. The molecule has 0 bridgehead atoms. The third-order valence-electron chi connectivity index (χ3n) is 0.649. The van der Waals surface area contributed by atoms with Crippen molar-refractivity contribution in [1.29, 1.82) is 0 Å². The summed E-state index contributed by atoms with van der Waals surface area (Å²) in [4.78, 5) is 0. The summed E-state index contributed by atoms with van der Waals surface area (Å²) in [6, 6.07) is 0. The van der Waals surface area contributed by atoms with Crippen LogP contribution < -0.4 is 0 Å². The Balaban J connectivity index is 2.00. The van der Waals surface area contributed by atoms with Crippen molar-refractivity contribution in [2.75, 3.05) is 17.3 Å². The van der Waals surface area contributed by atoms with Crippen LogP contribution in [0.2, 0.25) is 0 Å². The molecule has 1 saturated heterocycles. The quantitative estimate of drug-likeness (QED) is 0.444. The first-order valence-electron chi connectivity index (χ1n) is 2.01. The first kappa shape index (κ1) is 4.72. The summed E-state index contributed by atoms with van der Waals surface area (Å²) in [5.74, 6) is 6.20. The van der Waals surface area contributed by atoms with Crippen LogP contribution in [0.3, 0.4) is 0 Å². The van der Waals surface area contributed by atoms with Crippen molar-refractivity contribution in [3.63, 3.8) is 0 Å². The van der Waals surface area contributed by atoms with Gasteiger partial charge in [-0.3, -0.25) is 0 Å². The fourth-order valence-corrected chi connectivity index (χ4v) is 2.33. The largest absolute Gasteiger partial charge is 0.153 e. The maximum atomic E-state index is 2.27. The Morgan fingerprint density at radius 2 is 2.33 bits per heavy atom. The predicted octanol–water partition coefficient (Wildman–Crippen LogP) is 1.63. The fourth-order valence-electron chi connectivity index (χ4n) is 0.370. The van der Waals surface area contributed by atoms with Crippen LogP contribution in [0.5, 0.6) is 0 Å². The Kier molecular flexibility index (Phi) is 2.12. The molecule has 0 aromatic rings. The lowest BCUT2D eigenvalue weighted by Gasteiger charge is -1.95. The lowest BCUT2D eigenvalue weighted by molar-refractivity contribution is 1.50. The Labute approximate surface area is 47.1 Å². The van der Waals surface area contributed by atoms with Crippen molar-refractivity contribution in [2.24, 2.45) is 0 Å². The van der Waals surface area contributed by atoms with Crippen molar-refractivity contribution < 1.29 is 0 Å². The second-order valence-corrected chi connectivity index (χ2v) is 3.34. The van der Waals surface area contributed by atoms with E-state index in [1.165, 1.54) is 17.3 Å². The van der Waals surface area contributed by atoms with Crippen LogP contribution in [0, 0.1) is 5.75 Å². The molecule has 1 aliphatic heterocycles. The van der Waals surface area contributed by atoms with E-state index in [0.29, 0.717) is 0 Å². The third-order valence-corrected chi connectivity index (χ3v) is 2.86. The molecule has 34 valence electrons.